The van der Waals surface area contributed by atoms with Gasteiger partial charge in [0.1, 0.15) is 0 Å². The second-order valence-electron chi connectivity index (χ2n) is 6.08. The Bertz CT molecular complexity index is 849. The summed E-state index contributed by atoms with van der Waals surface area (Å²) in [5.41, 5.74) is 4.36. The number of likely N-dealkylation sites (tertiary alicyclic amines) is 1. The molecule has 138 valence electrons. The predicted molar refractivity (Wildman–Crippen MR) is 81.8 cm³/mol. The molecule has 2 aromatic rings. The van der Waals surface area contributed by atoms with E-state index in [2.05, 4.69) is 10.1 Å². The minimum absolute atomic E-state index is 0.0312. The lowest BCUT2D eigenvalue weighted by Crippen LogP contribution is -2.32. The Morgan fingerprint density at radius 2 is 2.04 bits per heavy atom. The third-order valence-electron chi connectivity index (χ3n) is 4.27. The van der Waals surface area contributed by atoms with E-state index >= 15 is 0 Å². The maximum Gasteiger partial charge on any atom is 0.416 e. The van der Waals surface area contributed by atoms with Crippen LogP contribution < -0.4 is 5.73 Å². The van der Waals surface area contributed by atoms with Crippen LogP contribution in [0.25, 0.3) is 0 Å². The van der Waals surface area contributed by atoms with Crippen molar-refractivity contribution in [2.45, 2.75) is 19.0 Å². The number of alkyl halides is 3. The molecule has 1 aliphatic rings. The fraction of sp³-hybridized carbons (Fsp3) is 0.375. The molecule has 2 N–H and O–H groups in total. The summed E-state index contributed by atoms with van der Waals surface area (Å²) < 4.78 is 43.6. The first-order chi connectivity index (χ1) is 12.2. The van der Waals surface area contributed by atoms with Crippen LogP contribution >= 0.6 is 0 Å². The summed E-state index contributed by atoms with van der Waals surface area (Å²) in [5, 5.41) is 3.65. The van der Waals surface area contributed by atoms with Crippen molar-refractivity contribution in [1.82, 2.24) is 15.0 Å². The zero-order valence-electron chi connectivity index (χ0n) is 13.7. The molecule has 1 fully saturated rings. The average Bonchev–Trinajstić information content (AvgIpc) is 3.19. The van der Waals surface area contributed by atoms with Crippen molar-refractivity contribution in [2.75, 3.05) is 13.1 Å². The van der Waals surface area contributed by atoms with Gasteiger partial charge in [-0.2, -0.15) is 18.2 Å². The lowest BCUT2D eigenvalue weighted by molar-refractivity contribution is -0.137. The average molecular weight is 368 g/mol. The fourth-order valence-electron chi connectivity index (χ4n) is 2.98. The smallest absolute Gasteiger partial charge is 0.369 e. The molecule has 3 rings (SSSR count). The molecule has 0 radical (unpaired) electrons. The quantitative estimate of drug-likeness (QED) is 0.889. The Labute approximate surface area is 146 Å². The van der Waals surface area contributed by atoms with Gasteiger partial charge in [0.05, 0.1) is 17.4 Å². The Morgan fingerprint density at radius 3 is 2.62 bits per heavy atom. The molecule has 0 spiro atoms. The predicted octanol–water partition coefficient (Wildman–Crippen LogP) is 1.74. The SMILES string of the molecule is Cc1noc([C@@H]2CN(C(=O)c3cccc(C(F)(F)F)c3)C[C@H]2C(N)=O)n1. The van der Waals surface area contributed by atoms with Gasteiger partial charge in [0.15, 0.2) is 5.82 Å². The number of rotatable bonds is 3. The molecule has 2 amide bonds. The molecule has 1 saturated heterocycles. The van der Waals surface area contributed by atoms with E-state index in [1.807, 2.05) is 0 Å². The van der Waals surface area contributed by atoms with Crippen molar-refractivity contribution in [3.05, 3.63) is 47.1 Å². The fourth-order valence-corrected chi connectivity index (χ4v) is 2.98. The van der Waals surface area contributed by atoms with Gasteiger partial charge in [0, 0.05) is 18.7 Å². The number of benzene rings is 1. The zero-order valence-corrected chi connectivity index (χ0v) is 13.7. The summed E-state index contributed by atoms with van der Waals surface area (Å²) in [7, 11) is 0. The number of carbonyl (C=O) groups is 2. The molecule has 0 unspecified atom stereocenters. The van der Waals surface area contributed by atoms with Gasteiger partial charge < -0.3 is 15.2 Å². The Morgan fingerprint density at radius 1 is 1.31 bits per heavy atom. The van der Waals surface area contributed by atoms with Crippen molar-refractivity contribution in [3.8, 4) is 0 Å². The maximum absolute atomic E-state index is 12.8. The lowest BCUT2D eigenvalue weighted by Gasteiger charge is -2.17. The van der Waals surface area contributed by atoms with Crippen molar-refractivity contribution in [3.63, 3.8) is 0 Å². The van der Waals surface area contributed by atoms with Crippen molar-refractivity contribution < 1.29 is 27.3 Å². The Kier molecular flexibility index (Phi) is 4.43. The van der Waals surface area contributed by atoms with Crippen LogP contribution in [0.1, 0.15) is 33.6 Å². The maximum atomic E-state index is 12.8. The van der Waals surface area contributed by atoms with Crippen LogP contribution in [0, 0.1) is 12.8 Å². The van der Waals surface area contributed by atoms with Crippen LogP contribution in [-0.4, -0.2) is 39.9 Å². The summed E-state index contributed by atoms with van der Waals surface area (Å²) in [6.07, 6.45) is -4.55. The van der Waals surface area contributed by atoms with Crippen LogP contribution in [0.4, 0.5) is 13.2 Å². The summed E-state index contributed by atoms with van der Waals surface area (Å²) in [4.78, 5) is 29.7. The van der Waals surface area contributed by atoms with Crippen LogP contribution in [0.15, 0.2) is 28.8 Å². The van der Waals surface area contributed by atoms with Gasteiger partial charge in [-0.25, -0.2) is 0 Å². The first-order valence-corrected chi connectivity index (χ1v) is 7.73. The van der Waals surface area contributed by atoms with Crippen LogP contribution in [-0.2, 0) is 11.0 Å². The first kappa shape index (κ1) is 17.9. The molecule has 2 heterocycles. The molecule has 1 aliphatic heterocycles. The van der Waals surface area contributed by atoms with E-state index in [1.54, 1.807) is 6.92 Å². The molecular weight excluding hydrogens is 353 g/mol. The van der Waals surface area contributed by atoms with Crippen LogP contribution in [0.2, 0.25) is 0 Å². The number of aromatic nitrogens is 2. The normalized spacial score (nSPS) is 20.4. The van der Waals surface area contributed by atoms with E-state index in [1.165, 1.54) is 11.0 Å². The molecule has 7 nitrogen and oxygen atoms in total. The number of aryl methyl sites for hydroxylation is 1. The van der Waals surface area contributed by atoms with Crippen molar-refractivity contribution in [1.29, 1.82) is 0 Å². The van der Waals surface area contributed by atoms with E-state index in [0.29, 0.717) is 5.82 Å². The van der Waals surface area contributed by atoms with Gasteiger partial charge >= 0.3 is 6.18 Å². The van der Waals surface area contributed by atoms with E-state index in [9.17, 15) is 22.8 Å². The number of primary amides is 1. The second kappa shape index (κ2) is 6.43. The van der Waals surface area contributed by atoms with E-state index in [-0.39, 0.29) is 24.5 Å². The zero-order chi connectivity index (χ0) is 19.1. The van der Waals surface area contributed by atoms with Crippen molar-refractivity contribution in [2.24, 2.45) is 11.7 Å². The van der Waals surface area contributed by atoms with Crippen LogP contribution in [0.5, 0.6) is 0 Å². The lowest BCUT2D eigenvalue weighted by atomic mass is 9.95. The Hall–Kier alpha value is -2.91. The number of hydrogen-bond donors (Lipinski definition) is 1. The Balaban J connectivity index is 1.86. The van der Waals surface area contributed by atoms with E-state index in [0.717, 1.165) is 18.2 Å². The van der Waals surface area contributed by atoms with Gasteiger partial charge in [-0.3, -0.25) is 9.59 Å². The first-order valence-electron chi connectivity index (χ1n) is 7.73. The number of carbonyl (C=O) groups excluding carboxylic acids is 2. The van der Waals surface area contributed by atoms with Gasteiger partial charge in [-0.05, 0) is 25.1 Å². The number of nitrogens with two attached hydrogens (primary N) is 1. The molecule has 1 aromatic carbocycles. The molecule has 2 atom stereocenters. The minimum atomic E-state index is -4.55. The number of amides is 2. The highest BCUT2D eigenvalue weighted by atomic mass is 19.4. The topological polar surface area (TPSA) is 102 Å². The summed E-state index contributed by atoms with van der Waals surface area (Å²) in [6, 6.07) is 4.13. The number of hydrogen-bond acceptors (Lipinski definition) is 5. The van der Waals surface area contributed by atoms with Crippen molar-refractivity contribution >= 4 is 11.8 Å². The molecular formula is C16H15F3N4O3. The highest BCUT2D eigenvalue weighted by molar-refractivity contribution is 5.95. The third-order valence-corrected chi connectivity index (χ3v) is 4.27. The third kappa shape index (κ3) is 3.39. The van der Waals surface area contributed by atoms with Gasteiger partial charge in [0.25, 0.3) is 5.91 Å². The largest absolute Gasteiger partial charge is 0.416 e. The van der Waals surface area contributed by atoms with E-state index in [4.69, 9.17) is 10.3 Å². The highest BCUT2D eigenvalue weighted by Crippen LogP contribution is 2.34. The molecule has 1 aromatic heterocycles. The van der Waals surface area contributed by atoms with Gasteiger partial charge in [0.2, 0.25) is 11.8 Å². The summed E-state index contributed by atoms with van der Waals surface area (Å²) in [6.45, 7) is 1.62. The summed E-state index contributed by atoms with van der Waals surface area (Å²) in [5.74, 6) is -2.09. The molecule has 0 aliphatic carbocycles. The highest BCUT2D eigenvalue weighted by Gasteiger charge is 2.43. The molecule has 10 heteroatoms. The minimum Gasteiger partial charge on any atom is -0.369 e. The van der Waals surface area contributed by atoms with E-state index < -0.39 is 35.4 Å². The van der Waals surface area contributed by atoms with Gasteiger partial charge in [-0.15, -0.1) is 0 Å². The second-order valence-corrected chi connectivity index (χ2v) is 6.08. The monoisotopic (exact) mass is 368 g/mol. The molecule has 0 bridgehead atoms. The molecule has 0 saturated carbocycles. The standard InChI is InChI=1S/C16H15F3N4O3/c1-8-21-14(26-22-8)12-7-23(6-11(12)13(20)24)15(25)9-3-2-4-10(5-9)16(17,18)19/h2-5,11-12H,6-7H2,1H3,(H2,20,24)/t11-,12-/m1/s1. The number of nitrogens with zero attached hydrogens (tertiary/aromatic N) is 3. The van der Waals surface area contributed by atoms with Gasteiger partial charge in [-0.1, -0.05) is 11.2 Å². The number of halogens is 3. The molecule has 26 heavy (non-hydrogen) atoms. The summed E-state index contributed by atoms with van der Waals surface area (Å²) >= 11 is 0. The van der Waals surface area contributed by atoms with Crippen LogP contribution in [0.3, 0.4) is 0 Å².